The smallest absolute Gasteiger partial charge is 0.157 e. The lowest BCUT2D eigenvalue weighted by Gasteiger charge is -2.13. The van der Waals surface area contributed by atoms with Gasteiger partial charge in [-0.3, -0.25) is 0 Å². The van der Waals surface area contributed by atoms with Gasteiger partial charge in [0, 0.05) is 18.7 Å². The average Bonchev–Trinajstić information content (AvgIpc) is 2.46. The second-order valence-corrected chi connectivity index (χ2v) is 4.98. The van der Waals surface area contributed by atoms with Crippen molar-refractivity contribution < 1.29 is 14.2 Å². The fourth-order valence-electron chi connectivity index (χ4n) is 1.95. The molecule has 21 heavy (non-hydrogen) atoms. The van der Waals surface area contributed by atoms with Crippen LogP contribution in [0, 0.1) is 0 Å². The van der Waals surface area contributed by atoms with Gasteiger partial charge in [0.25, 0.3) is 0 Å². The molecule has 2 aromatic rings. The van der Waals surface area contributed by atoms with Crippen molar-refractivity contribution in [1.29, 1.82) is 0 Å². The van der Waals surface area contributed by atoms with Crippen LogP contribution in [0.15, 0.2) is 22.7 Å². The number of nitrogen functional groups attached to an aromatic ring is 1. The van der Waals surface area contributed by atoms with Gasteiger partial charge in [0.1, 0.15) is 28.4 Å². The van der Waals surface area contributed by atoms with Crippen molar-refractivity contribution in [2.24, 2.45) is 0 Å². The van der Waals surface area contributed by atoms with Crippen molar-refractivity contribution in [3.05, 3.63) is 28.5 Å². The summed E-state index contributed by atoms with van der Waals surface area (Å²) in [5, 5.41) is 0. The number of halogens is 1. The van der Waals surface area contributed by atoms with Gasteiger partial charge in [-0.15, -0.1) is 0 Å². The van der Waals surface area contributed by atoms with E-state index in [1.54, 1.807) is 27.4 Å². The Balaban J connectivity index is 2.58. The third kappa shape index (κ3) is 3.25. The zero-order valence-corrected chi connectivity index (χ0v) is 13.6. The van der Waals surface area contributed by atoms with Gasteiger partial charge in [0.15, 0.2) is 5.82 Å². The molecule has 2 N–H and O–H groups in total. The first kappa shape index (κ1) is 15.5. The second kappa shape index (κ2) is 6.73. The van der Waals surface area contributed by atoms with E-state index in [1.807, 2.05) is 12.1 Å². The van der Waals surface area contributed by atoms with Crippen molar-refractivity contribution in [3.8, 4) is 22.8 Å². The van der Waals surface area contributed by atoms with Gasteiger partial charge in [-0.2, -0.15) is 0 Å². The standard InChI is InChI=1S/C14H16BrN3O3/c1-19-7-12-17-9(6-11(16)18-12)8-4-5-10(20-2)13(15)14(8)21-3/h4-6H,7H2,1-3H3,(H2,16,17,18). The molecule has 0 unspecified atom stereocenters. The molecule has 0 fully saturated rings. The molecule has 0 aliphatic carbocycles. The highest BCUT2D eigenvalue weighted by atomic mass is 79.9. The van der Waals surface area contributed by atoms with Crippen molar-refractivity contribution >= 4 is 21.7 Å². The van der Waals surface area contributed by atoms with E-state index in [-0.39, 0.29) is 6.61 Å². The second-order valence-electron chi connectivity index (χ2n) is 4.19. The van der Waals surface area contributed by atoms with Crippen LogP contribution < -0.4 is 15.2 Å². The Labute approximate surface area is 131 Å². The van der Waals surface area contributed by atoms with Crippen LogP contribution in [0.4, 0.5) is 5.82 Å². The van der Waals surface area contributed by atoms with Gasteiger partial charge in [0.2, 0.25) is 0 Å². The molecule has 1 heterocycles. The number of nitrogens with two attached hydrogens (primary N) is 1. The Kier molecular flexibility index (Phi) is 4.98. The number of hydrogen-bond acceptors (Lipinski definition) is 6. The normalized spacial score (nSPS) is 10.5. The lowest BCUT2D eigenvalue weighted by molar-refractivity contribution is 0.178. The summed E-state index contributed by atoms with van der Waals surface area (Å²) in [5.41, 5.74) is 7.28. The van der Waals surface area contributed by atoms with E-state index in [0.29, 0.717) is 28.8 Å². The molecule has 0 saturated carbocycles. The minimum absolute atomic E-state index is 0.289. The van der Waals surface area contributed by atoms with Gasteiger partial charge in [-0.1, -0.05) is 0 Å². The number of methoxy groups -OCH3 is 3. The number of ether oxygens (including phenoxy) is 3. The van der Waals surface area contributed by atoms with Gasteiger partial charge in [-0.05, 0) is 28.1 Å². The lowest BCUT2D eigenvalue weighted by Crippen LogP contribution is -2.03. The van der Waals surface area contributed by atoms with Crippen LogP contribution in [0.1, 0.15) is 5.82 Å². The van der Waals surface area contributed by atoms with Crippen molar-refractivity contribution in [3.63, 3.8) is 0 Å². The Morgan fingerprint density at radius 2 is 1.90 bits per heavy atom. The van der Waals surface area contributed by atoms with Crippen LogP contribution in [-0.2, 0) is 11.3 Å². The largest absolute Gasteiger partial charge is 0.495 e. The minimum atomic E-state index is 0.289. The molecule has 0 aliphatic heterocycles. The highest BCUT2D eigenvalue weighted by Crippen LogP contribution is 2.41. The van der Waals surface area contributed by atoms with Crippen LogP contribution in [0.3, 0.4) is 0 Å². The Morgan fingerprint density at radius 3 is 2.52 bits per heavy atom. The third-order valence-corrected chi connectivity index (χ3v) is 3.58. The molecule has 6 nitrogen and oxygen atoms in total. The van der Waals surface area contributed by atoms with Crippen LogP contribution in [0.25, 0.3) is 11.3 Å². The number of aromatic nitrogens is 2. The zero-order chi connectivity index (χ0) is 15.4. The summed E-state index contributed by atoms with van der Waals surface area (Å²) in [6.07, 6.45) is 0. The van der Waals surface area contributed by atoms with Gasteiger partial charge in [0.05, 0.1) is 19.9 Å². The molecule has 0 bridgehead atoms. The minimum Gasteiger partial charge on any atom is -0.495 e. The van der Waals surface area contributed by atoms with Crippen LogP contribution in [-0.4, -0.2) is 31.3 Å². The average molecular weight is 354 g/mol. The molecule has 7 heteroatoms. The Hall–Kier alpha value is -1.86. The highest BCUT2D eigenvalue weighted by Gasteiger charge is 2.16. The van der Waals surface area contributed by atoms with Gasteiger partial charge >= 0.3 is 0 Å². The molecule has 0 aliphatic rings. The number of benzene rings is 1. The van der Waals surface area contributed by atoms with Gasteiger partial charge < -0.3 is 19.9 Å². The first-order valence-corrected chi connectivity index (χ1v) is 6.93. The number of rotatable bonds is 5. The van der Waals surface area contributed by atoms with E-state index in [9.17, 15) is 0 Å². The fraction of sp³-hybridized carbons (Fsp3) is 0.286. The van der Waals surface area contributed by atoms with E-state index in [2.05, 4.69) is 25.9 Å². The maximum atomic E-state index is 5.83. The van der Waals surface area contributed by atoms with Crippen molar-refractivity contribution in [2.45, 2.75) is 6.61 Å². The summed E-state index contributed by atoms with van der Waals surface area (Å²) in [5.74, 6) is 2.19. The first-order valence-electron chi connectivity index (χ1n) is 6.14. The molecular weight excluding hydrogens is 338 g/mol. The summed E-state index contributed by atoms with van der Waals surface area (Å²) in [4.78, 5) is 8.57. The predicted molar refractivity (Wildman–Crippen MR) is 83.4 cm³/mol. The number of hydrogen-bond donors (Lipinski definition) is 1. The highest BCUT2D eigenvalue weighted by molar-refractivity contribution is 9.10. The van der Waals surface area contributed by atoms with E-state index < -0.39 is 0 Å². The molecule has 1 aromatic heterocycles. The monoisotopic (exact) mass is 353 g/mol. The van der Waals surface area contributed by atoms with Crippen LogP contribution in [0.5, 0.6) is 11.5 Å². The number of nitrogens with zero attached hydrogens (tertiary/aromatic N) is 2. The summed E-state index contributed by atoms with van der Waals surface area (Å²) in [7, 11) is 4.76. The molecular formula is C14H16BrN3O3. The predicted octanol–water partition coefficient (Wildman–Crippen LogP) is 2.65. The summed E-state index contributed by atoms with van der Waals surface area (Å²) >= 11 is 3.47. The Morgan fingerprint density at radius 1 is 1.14 bits per heavy atom. The quantitative estimate of drug-likeness (QED) is 0.889. The van der Waals surface area contributed by atoms with Crippen LogP contribution in [0.2, 0.25) is 0 Å². The van der Waals surface area contributed by atoms with Gasteiger partial charge in [-0.25, -0.2) is 9.97 Å². The van der Waals surface area contributed by atoms with Crippen LogP contribution >= 0.6 is 15.9 Å². The SMILES string of the molecule is COCc1nc(N)cc(-c2ccc(OC)c(Br)c2OC)n1. The lowest BCUT2D eigenvalue weighted by atomic mass is 10.1. The molecule has 0 spiro atoms. The van der Waals surface area contributed by atoms with E-state index in [0.717, 1.165) is 10.0 Å². The third-order valence-electron chi connectivity index (χ3n) is 2.83. The maximum absolute atomic E-state index is 5.83. The molecule has 0 amide bonds. The molecule has 2 rings (SSSR count). The summed E-state index contributed by atoms with van der Waals surface area (Å²) in [6.45, 7) is 0.289. The molecule has 0 radical (unpaired) electrons. The van der Waals surface area contributed by atoms with E-state index in [4.69, 9.17) is 19.9 Å². The first-order chi connectivity index (χ1) is 10.1. The summed E-state index contributed by atoms with van der Waals surface area (Å²) in [6, 6.07) is 5.38. The molecule has 112 valence electrons. The van der Waals surface area contributed by atoms with E-state index in [1.165, 1.54) is 0 Å². The molecule has 0 atom stereocenters. The summed E-state index contributed by atoms with van der Waals surface area (Å²) < 4.78 is 16.5. The van der Waals surface area contributed by atoms with E-state index >= 15 is 0 Å². The number of anilines is 1. The topological polar surface area (TPSA) is 79.5 Å². The molecule has 1 aromatic carbocycles. The fourth-order valence-corrected chi connectivity index (χ4v) is 2.62. The molecule has 0 saturated heterocycles. The van der Waals surface area contributed by atoms with Crippen molar-refractivity contribution in [1.82, 2.24) is 9.97 Å². The maximum Gasteiger partial charge on any atom is 0.157 e. The van der Waals surface area contributed by atoms with Crippen molar-refractivity contribution in [2.75, 3.05) is 27.1 Å². The Bertz CT molecular complexity index is 650. The zero-order valence-electron chi connectivity index (χ0n) is 12.0.